The Morgan fingerprint density at radius 2 is 2.27 bits per heavy atom. The molecule has 15 heavy (non-hydrogen) atoms. The van der Waals surface area contributed by atoms with Crippen LogP contribution in [0, 0.1) is 5.92 Å². The van der Waals surface area contributed by atoms with E-state index < -0.39 is 11.5 Å². The number of aromatic nitrogens is 1. The van der Waals surface area contributed by atoms with Crippen LogP contribution in [-0.2, 0) is 6.54 Å². The summed E-state index contributed by atoms with van der Waals surface area (Å²) in [5.41, 5.74) is -0.592. The molecule has 1 N–H and O–H groups in total. The van der Waals surface area contributed by atoms with E-state index in [0.29, 0.717) is 12.5 Å². The number of hydrogen-bond acceptors (Lipinski definition) is 2. The second-order valence-corrected chi connectivity index (χ2v) is 3.70. The van der Waals surface area contributed by atoms with Crippen molar-refractivity contribution >= 4 is 5.97 Å². The minimum absolute atomic E-state index is 0.166. The number of nitrogens with zero attached hydrogens (tertiary/aromatic N) is 1. The molecule has 0 amide bonds. The lowest BCUT2D eigenvalue weighted by atomic mass is 10.1. The Morgan fingerprint density at radius 1 is 1.60 bits per heavy atom. The molecule has 4 nitrogen and oxygen atoms in total. The molecule has 4 heteroatoms. The molecular weight excluding hydrogens is 194 g/mol. The van der Waals surface area contributed by atoms with Crippen LogP contribution in [0.15, 0.2) is 23.1 Å². The van der Waals surface area contributed by atoms with Gasteiger partial charge in [-0.25, -0.2) is 4.79 Å². The first-order valence-corrected chi connectivity index (χ1v) is 4.99. The summed E-state index contributed by atoms with van der Waals surface area (Å²) in [6.45, 7) is 4.63. The second kappa shape index (κ2) is 4.77. The van der Waals surface area contributed by atoms with Gasteiger partial charge < -0.3 is 9.67 Å². The zero-order valence-electron chi connectivity index (χ0n) is 8.93. The van der Waals surface area contributed by atoms with Gasteiger partial charge in [-0.05, 0) is 18.1 Å². The highest BCUT2D eigenvalue weighted by atomic mass is 16.4. The van der Waals surface area contributed by atoms with Gasteiger partial charge in [0.25, 0.3) is 5.56 Å². The molecule has 0 aliphatic carbocycles. The monoisotopic (exact) mass is 209 g/mol. The smallest absolute Gasteiger partial charge is 0.341 e. The van der Waals surface area contributed by atoms with Crippen LogP contribution in [0.3, 0.4) is 0 Å². The van der Waals surface area contributed by atoms with E-state index in [0.717, 1.165) is 6.42 Å². The van der Waals surface area contributed by atoms with Crippen molar-refractivity contribution in [1.82, 2.24) is 4.57 Å². The SMILES string of the molecule is CCC(C)Cn1cccc(C(=O)O)c1=O. The number of carboxylic acids is 1. The van der Waals surface area contributed by atoms with Crippen molar-refractivity contribution < 1.29 is 9.90 Å². The molecule has 0 saturated carbocycles. The van der Waals surface area contributed by atoms with E-state index in [1.54, 1.807) is 12.3 Å². The van der Waals surface area contributed by atoms with Gasteiger partial charge in [-0.3, -0.25) is 4.79 Å². The van der Waals surface area contributed by atoms with Crippen molar-refractivity contribution in [3.05, 3.63) is 34.2 Å². The van der Waals surface area contributed by atoms with Gasteiger partial charge in [-0.15, -0.1) is 0 Å². The minimum atomic E-state index is -1.17. The van der Waals surface area contributed by atoms with Crippen molar-refractivity contribution in [2.24, 2.45) is 5.92 Å². The number of carbonyl (C=O) groups is 1. The zero-order valence-corrected chi connectivity index (χ0v) is 8.93. The van der Waals surface area contributed by atoms with E-state index in [1.807, 2.05) is 13.8 Å². The molecule has 0 saturated heterocycles. The summed E-state index contributed by atoms with van der Waals surface area (Å²) in [5, 5.41) is 8.77. The fourth-order valence-corrected chi connectivity index (χ4v) is 1.31. The van der Waals surface area contributed by atoms with Crippen molar-refractivity contribution in [1.29, 1.82) is 0 Å². The average Bonchev–Trinajstić information content (AvgIpc) is 2.20. The van der Waals surface area contributed by atoms with Gasteiger partial charge in [0.2, 0.25) is 0 Å². The predicted molar refractivity (Wildman–Crippen MR) is 57.1 cm³/mol. The molecule has 0 aliphatic rings. The third-order valence-electron chi connectivity index (χ3n) is 2.46. The predicted octanol–water partition coefficient (Wildman–Crippen LogP) is 1.59. The van der Waals surface area contributed by atoms with Gasteiger partial charge in [0.05, 0.1) is 0 Å². The number of rotatable bonds is 4. The lowest BCUT2D eigenvalue weighted by Crippen LogP contribution is -2.27. The number of hydrogen-bond donors (Lipinski definition) is 1. The normalized spacial score (nSPS) is 12.4. The maximum atomic E-state index is 11.6. The molecule has 82 valence electrons. The Bertz CT molecular complexity index is 409. The number of aromatic carboxylic acids is 1. The zero-order chi connectivity index (χ0) is 11.4. The largest absolute Gasteiger partial charge is 0.477 e. The van der Waals surface area contributed by atoms with Gasteiger partial charge >= 0.3 is 5.97 Å². The topological polar surface area (TPSA) is 59.3 Å². The van der Waals surface area contributed by atoms with Crippen LogP contribution >= 0.6 is 0 Å². The average molecular weight is 209 g/mol. The van der Waals surface area contributed by atoms with E-state index in [1.165, 1.54) is 10.6 Å². The van der Waals surface area contributed by atoms with Crippen LogP contribution in [0.25, 0.3) is 0 Å². The van der Waals surface area contributed by atoms with Crippen molar-refractivity contribution in [2.75, 3.05) is 0 Å². The summed E-state index contributed by atoms with van der Waals surface area (Å²) in [6, 6.07) is 2.92. The maximum Gasteiger partial charge on any atom is 0.341 e. The van der Waals surface area contributed by atoms with Crippen LogP contribution in [0.2, 0.25) is 0 Å². The van der Waals surface area contributed by atoms with E-state index in [2.05, 4.69) is 0 Å². The van der Waals surface area contributed by atoms with E-state index in [-0.39, 0.29) is 5.56 Å². The van der Waals surface area contributed by atoms with Crippen LogP contribution in [-0.4, -0.2) is 15.6 Å². The first-order chi connectivity index (χ1) is 7.06. The molecule has 1 aromatic heterocycles. The molecule has 1 heterocycles. The molecule has 1 rings (SSSR count). The van der Waals surface area contributed by atoms with Gasteiger partial charge in [-0.1, -0.05) is 20.3 Å². The minimum Gasteiger partial charge on any atom is -0.477 e. The van der Waals surface area contributed by atoms with Crippen molar-refractivity contribution in [3.8, 4) is 0 Å². The molecular formula is C11H15NO3. The molecule has 1 atom stereocenters. The molecule has 0 bridgehead atoms. The van der Waals surface area contributed by atoms with Gasteiger partial charge in [0.1, 0.15) is 5.56 Å². The number of pyridine rings is 1. The van der Waals surface area contributed by atoms with Crippen molar-refractivity contribution in [3.63, 3.8) is 0 Å². The van der Waals surface area contributed by atoms with E-state index >= 15 is 0 Å². The highest BCUT2D eigenvalue weighted by Gasteiger charge is 2.10. The fourth-order valence-electron chi connectivity index (χ4n) is 1.31. The molecule has 0 aliphatic heterocycles. The van der Waals surface area contributed by atoms with Crippen LogP contribution < -0.4 is 5.56 Å². The molecule has 0 spiro atoms. The van der Waals surface area contributed by atoms with Gasteiger partial charge in [0.15, 0.2) is 0 Å². The summed E-state index contributed by atoms with van der Waals surface area (Å²) in [6.07, 6.45) is 2.59. The fraction of sp³-hybridized carbons (Fsp3) is 0.455. The summed E-state index contributed by atoms with van der Waals surface area (Å²) in [5.74, 6) is -0.801. The third-order valence-corrected chi connectivity index (χ3v) is 2.46. The second-order valence-electron chi connectivity index (χ2n) is 3.70. The highest BCUT2D eigenvalue weighted by molar-refractivity contribution is 5.86. The lowest BCUT2D eigenvalue weighted by Gasteiger charge is -2.11. The molecule has 1 unspecified atom stereocenters. The first kappa shape index (κ1) is 11.5. The Balaban J connectivity index is 3.05. The van der Waals surface area contributed by atoms with E-state index in [4.69, 9.17) is 5.11 Å². The summed E-state index contributed by atoms with van der Waals surface area (Å²) >= 11 is 0. The summed E-state index contributed by atoms with van der Waals surface area (Å²) in [7, 11) is 0. The molecule has 1 aromatic rings. The summed E-state index contributed by atoms with van der Waals surface area (Å²) in [4.78, 5) is 22.4. The van der Waals surface area contributed by atoms with Crippen molar-refractivity contribution in [2.45, 2.75) is 26.8 Å². The Hall–Kier alpha value is -1.58. The Labute approximate surface area is 88.2 Å². The van der Waals surface area contributed by atoms with Crippen LogP contribution in [0.4, 0.5) is 0 Å². The molecule has 0 aromatic carbocycles. The molecule has 0 fully saturated rings. The van der Waals surface area contributed by atoms with Crippen LogP contribution in [0.1, 0.15) is 30.6 Å². The maximum absolute atomic E-state index is 11.6. The Kier molecular flexibility index (Phi) is 3.66. The van der Waals surface area contributed by atoms with Gasteiger partial charge in [0, 0.05) is 12.7 Å². The third kappa shape index (κ3) is 2.68. The van der Waals surface area contributed by atoms with Crippen LogP contribution in [0.5, 0.6) is 0 Å². The van der Waals surface area contributed by atoms with Gasteiger partial charge in [-0.2, -0.15) is 0 Å². The quantitative estimate of drug-likeness (QED) is 0.819. The van der Waals surface area contributed by atoms with E-state index in [9.17, 15) is 9.59 Å². The standard InChI is InChI=1S/C11H15NO3/c1-3-8(2)7-12-6-4-5-9(10(12)13)11(14)15/h4-6,8H,3,7H2,1-2H3,(H,14,15). The Morgan fingerprint density at radius 3 is 2.80 bits per heavy atom. The summed E-state index contributed by atoms with van der Waals surface area (Å²) < 4.78 is 1.46. The number of carboxylic acid groups (broad SMARTS) is 1. The lowest BCUT2D eigenvalue weighted by molar-refractivity contribution is 0.0694. The highest BCUT2D eigenvalue weighted by Crippen LogP contribution is 2.03. The first-order valence-electron chi connectivity index (χ1n) is 4.99. The molecule has 0 radical (unpaired) electrons.